The highest BCUT2D eigenvalue weighted by Gasteiger charge is 2.27. The lowest BCUT2D eigenvalue weighted by Crippen LogP contribution is -2.12. The van der Waals surface area contributed by atoms with Crippen LogP contribution in [0.3, 0.4) is 0 Å². The molecule has 2 aromatic rings. The zero-order valence-electron chi connectivity index (χ0n) is 12.6. The molecule has 1 aromatic heterocycles. The number of anilines is 1. The normalized spacial score (nSPS) is 11.7. The van der Waals surface area contributed by atoms with E-state index in [9.17, 15) is 0 Å². The molecule has 2 N–H and O–H groups in total. The molecule has 0 spiro atoms. The minimum atomic E-state index is 0.0604. The Labute approximate surface area is 129 Å². The van der Waals surface area contributed by atoms with Crippen LogP contribution >= 0.6 is 23.1 Å². The van der Waals surface area contributed by atoms with Crippen molar-refractivity contribution < 1.29 is 4.74 Å². The number of hydrogen-bond donors (Lipinski definition) is 1. The maximum atomic E-state index is 6.30. The van der Waals surface area contributed by atoms with Crippen LogP contribution in [0.2, 0.25) is 0 Å². The van der Waals surface area contributed by atoms with Crippen molar-refractivity contribution in [2.24, 2.45) is 0 Å². The molecule has 0 aliphatic heterocycles. The lowest BCUT2D eigenvalue weighted by molar-refractivity contribution is 0.415. The Kier molecular flexibility index (Phi) is 4.35. The van der Waals surface area contributed by atoms with E-state index < -0.39 is 0 Å². The minimum Gasteiger partial charge on any atom is -0.497 e. The first-order valence-corrected chi connectivity index (χ1v) is 8.53. The van der Waals surface area contributed by atoms with Crippen LogP contribution in [0.5, 0.6) is 5.75 Å². The highest BCUT2D eigenvalue weighted by atomic mass is 32.2. The number of methoxy groups -OCH3 is 1. The van der Waals surface area contributed by atoms with Crippen molar-refractivity contribution >= 4 is 28.1 Å². The Bertz CT molecular complexity index is 611. The molecule has 0 unspecified atom stereocenters. The molecule has 2 nitrogen and oxygen atoms in total. The third-order valence-electron chi connectivity index (χ3n) is 3.20. The highest BCUT2D eigenvalue weighted by Crippen LogP contribution is 2.48. The molecule has 0 aliphatic carbocycles. The van der Waals surface area contributed by atoms with Gasteiger partial charge < -0.3 is 10.5 Å². The summed E-state index contributed by atoms with van der Waals surface area (Å²) in [4.78, 5) is 0. The Morgan fingerprint density at radius 1 is 1.25 bits per heavy atom. The first-order valence-electron chi connectivity index (χ1n) is 6.49. The van der Waals surface area contributed by atoms with E-state index in [0.717, 1.165) is 21.9 Å². The van der Waals surface area contributed by atoms with Crippen molar-refractivity contribution in [3.8, 4) is 16.9 Å². The third-order valence-corrected chi connectivity index (χ3v) is 5.34. The van der Waals surface area contributed by atoms with Gasteiger partial charge in [0.15, 0.2) is 0 Å². The summed E-state index contributed by atoms with van der Waals surface area (Å²) < 4.78 is 6.63. The standard InChI is InChI=1S/C16H21NOS2/c1-16(2,3)13-12(14(17)20-15(13)19-5)10-7-6-8-11(9-10)18-4/h6-9H,17H2,1-5H3. The van der Waals surface area contributed by atoms with E-state index in [0.29, 0.717) is 0 Å². The molecule has 1 heterocycles. The summed E-state index contributed by atoms with van der Waals surface area (Å²) in [6.07, 6.45) is 2.11. The Balaban J connectivity index is 2.69. The molecule has 0 fully saturated rings. The molecule has 0 saturated carbocycles. The third kappa shape index (κ3) is 2.81. The first kappa shape index (κ1) is 15.3. The average molecular weight is 307 g/mol. The predicted octanol–water partition coefficient (Wildman–Crippen LogP) is 5.03. The smallest absolute Gasteiger partial charge is 0.119 e. The zero-order valence-corrected chi connectivity index (χ0v) is 14.2. The topological polar surface area (TPSA) is 35.2 Å². The Morgan fingerprint density at radius 3 is 2.50 bits per heavy atom. The fourth-order valence-corrected chi connectivity index (χ4v) is 4.56. The number of thiophene rings is 1. The van der Waals surface area contributed by atoms with Gasteiger partial charge in [-0.3, -0.25) is 0 Å². The van der Waals surface area contributed by atoms with Gasteiger partial charge in [0.2, 0.25) is 0 Å². The number of rotatable bonds is 3. The van der Waals surface area contributed by atoms with E-state index >= 15 is 0 Å². The summed E-state index contributed by atoms with van der Waals surface area (Å²) in [6.45, 7) is 6.70. The van der Waals surface area contributed by atoms with Crippen molar-refractivity contribution in [2.45, 2.75) is 30.4 Å². The van der Waals surface area contributed by atoms with Gasteiger partial charge in [-0.25, -0.2) is 0 Å². The van der Waals surface area contributed by atoms with E-state index in [2.05, 4.69) is 39.2 Å². The van der Waals surface area contributed by atoms with E-state index in [1.165, 1.54) is 9.77 Å². The van der Waals surface area contributed by atoms with Crippen molar-refractivity contribution in [3.05, 3.63) is 29.8 Å². The van der Waals surface area contributed by atoms with Gasteiger partial charge in [0.05, 0.1) is 16.3 Å². The summed E-state index contributed by atoms with van der Waals surface area (Å²) in [5.41, 5.74) is 9.98. The molecule has 0 aliphatic rings. The molecule has 4 heteroatoms. The predicted molar refractivity (Wildman–Crippen MR) is 91.2 cm³/mol. The molecule has 20 heavy (non-hydrogen) atoms. The van der Waals surface area contributed by atoms with Crippen LogP contribution in [0.15, 0.2) is 28.5 Å². The molecular formula is C16H21NOS2. The highest BCUT2D eigenvalue weighted by molar-refractivity contribution is 8.00. The number of benzene rings is 1. The number of nitrogens with two attached hydrogens (primary N) is 1. The van der Waals surface area contributed by atoms with E-state index in [4.69, 9.17) is 10.5 Å². The molecule has 108 valence electrons. The number of hydrogen-bond acceptors (Lipinski definition) is 4. The summed E-state index contributed by atoms with van der Waals surface area (Å²) >= 11 is 3.45. The lowest BCUT2D eigenvalue weighted by Gasteiger charge is -2.22. The summed E-state index contributed by atoms with van der Waals surface area (Å²) in [6, 6.07) is 8.12. The Hall–Kier alpha value is -1.13. The minimum absolute atomic E-state index is 0.0604. The second-order valence-electron chi connectivity index (χ2n) is 5.69. The molecular weight excluding hydrogens is 286 g/mol. The van der Waals surface area contributed by atoms with Crippen LogP contribution in [0, 0.1) is 0 Å². The molecule has 1 aromatic carbocycles. The average Bonchev–Trinajstić information content (AvgIpc) is 2.75. The van der Waals surface area contributed by atoms with Crippen molar-refractivity contribution in [1.82, 2.24) is 0 Å². The van der Waals surface area contributed by atoms with Crippen LogP contribution in [0.4, 0.5) is 5.00 Å². The summed E-state index contributed by atoms with van der Waals surface area (Å²) in [7, 11) is 1.69. The van der Waals surface area contributed by atoms with Crippen molar-refractivity contribution in [2.75, 3.05) is 19.1 Å². The second kappa shape index (κ2) is 5.70. The molecule has 0 atom stereocenters. The van der Waals surface area contributed by atoms with Gasteiger partial charge in [-0.05, 0) is 34.9 Å². The van der Waals surface area contributed by atoms with Crippen LogP contribution in [0.1, 0.15) is 26.3 Å². The molecule has 0 bridgehead atoms. The number of thioether (sulfide) groups is 1. The van der Waals surface area contributed by atoms with Crippen molar-refractivity contribution in [3.63, 3.8) is 0 Å². The van der Waals surface area contributed by atoms with Crippen LogP contribution < -0.4 is 10.5 Å². The fourth-order valence-electron chi connectivity index (χ4n) is 2.32. The van der Waals surface area contributed by atoms with Crippen molar-refractivity contribution in [1.29, 1.82) is 0 Å². The maximum absolute atomic E-state index is 6.30. The SMILES string of the molecule is COc1cccc(-c2c(N)sc(SC)c2C(C)(C)C)c1. The largest absolute Gasteiger partial charge is 0.497 e. The fraction of sp³-hybridized carbons (Fsp3) is 0.375. The molecule has 0 saturated heterocycles. The van der Waals surface area contributed by atoms with E-state index in [-0.39, 0.29) is 5.41 Å². The second-order valence-corrected chi connectivity index (χ2v) is 7.82. The summed E-state index contributed by atoms with van der Waals surface area (Å²) in [5.74, 6) is 0.860. The lowest BCUT2D eigenvalue weighted by atomic mass is 9.84. The number of nitrogen functional groups attached to an aromatic ring is 1. The maximum Gasteiger partial charge on any atom is 0.119 e. The van der Waals surface area contributed by atoms with Crippen LogP contribution in [-0.4, -0.2) is 13.4 Å². The quantitative estimate of drug-likeness (QED) is 0.808. The van der Waals surface area contributed by atoms with Gasteiger partial charge in [-0.15, -0.1) is 23.1 Å². The Morgan fingerprint density at radius 2 is 1.95 bits per heavy atom. The molecule has 0 radical (unpaired) electrons. The summed E-state index contributed by atoms with van der Waals surface area (Å²) in [5, 5.41) is 0.882. The van der Waals surface area contributed by atoms with E-state index in [1.807, 2.05) is 12.1 Å². The first-order chi connectivity index (χ1) is 9.38. The van der Waals surface area contributed by atoms with Gasteiger partial charge in [0.1, 0.15) is 5.75 Å². The van der Waals surface area contributed by atoms with Crippen LogP contribution in [0.25, 0.3) is 11.1 Å². The van der Waals surface area contributed by atoms with Gasteiger partial charge in [0.25, 0.3) is 0 Å². The van der Waals surface area contributed by atoms with Crippen LogP contribution in [-0.2, 0) is 5.41 Å². The van der Waals surface area contributed by atoms with Gasteiger partial charge in [-0.2, -0.15) is 0 Å². The van der Waals surface area contributed by atoms with E-state index in [1.54, 1.807) is 30.2 Å². The monoisotopic (exact) mass is 307 g/mol. The molecule has 2 rings (SSSR count). The van der Waals surface area contributed by atoms with Gasteiger partial charge in [-0.1, -0.05) is 32.9 Å². The van der Waals surface area contributed by atoms with Gasteiger partial charge >= 0.3 is 0 Å². The number of ether oxygens (including phenoxy) is 1. The van der Waals surface area contributed by atoms with Gasteiger partial charge in [0, 0.05) is 5.56 Å². The zero-order chi connectivity index (χ0) is 14.9. The molecule has 0 amide bonds.